The third-order valence-electron chi connectivity index (χ3n) is 3.67. The molecule has 0 saturated carbocycles. The molecule has 0 aliphatic rings. The minimum atomic E-state index is -0.748. The molecule has 0 amide bonds. The fourth-order valence-electron chi connectivity index (χ4n) is 2.31. The second-order valence-electron chi connectivity index (χ2n) is 6.02. The summed E-state index contributed by atoms with van der Waals surface area (Å²) in [6, 6.07) is 0. The van der Waals surface area contributed by atoms with Crippen LogP contribution in [0.3, 0.4) is 0 Å². The van der Waals surface area contributed by atoms with Gasteiger partial charge in [-0.1, -0.05) is 27.7 Å². The molecule has 22 heavy (non-hydrogen) atoms. The van der Waals surface area contributed by atoms with Crippen molar-refractivity contribution in [1.82, 2.24) is 14.4 Å². The van der Waals surface area contributed by atoms with Gasteiger partial charge in [0.15, 0.2) is 0 Å². The van der Waals surface area contributed by atoms with Crippen molar-refractivity contribution in [2.75, 3.05) is 7.11 Å². The fraction of sp³-hybridized carbons (Fsp3) is 0.600. The van der Waals surface area contributed by atoms with Gasteiger partial charge >= 0.3 is 0 Å². The van der Waals surface area contributed by atoms with Gasteiger partial charge in [-0.05, 0) is 27.8 Å². The number of aliphatic hydroxyl groups is 2. The summed E-state index contributed by atoms with van der Waals surface area (Å²) in [6.07, 6.45) is 0.155. The van der Waals surface area contributed by atoms with Crippen LogP contribution in [-0.2, 0) is 0 Å². The molecule has 0 fully saturated rings. The summed E-state index contributed by atoms with van der Waals surface area (Å²) >= 11 is 3.40. The van der Waals surface area contributed by atoms with Crippen molar-refractivity contribution in [3.63, 3.8) is 0 Å². The Labute approximate surface area is 138 Å². The highest BCUT2D eigenvalue weighted by molar-refractivity contribution is 9.10. The molecule has 0 bridgehead atoms. The van der Waals surface area contributed by atoms with Gasteiger partial charge in [0.2, 0.25) is 5.65 Å². The maximum atomic E-state index is 10.6. The summed E-state index contributed by atoms with van der Waals surface area (Å²) in [7, 11) is 1.51. The van der Waals surface area contributed by atoms with E-state index in [0.29, 0.717) is 27.5 Å². The summed E-state index contributed by atoms with van der Waals surface area (Å²) in [4.78, 5) is 8.63. The van der Waals surface area contributed by atoms with E-state index in [1.807, 2.05) is 27.7 Å². The summed E-state index contributed by atoms with van der Waals surface area (Å²) < 4.78 is 7.49. The largest absolute Gasteiger partial charge is 0.478 e. The highest BCUT2D eigenvalue weighted by Crippen LogP contribution is 2.34. The Balaban J connectivity index is 2.82. The topological polar surface area (TPSA) is 79.9 Å². The second-order valence-corrected chi connectivity index (χ2v) is 6.77. The van der Waals surface area contributed by atoms with Crippen LogP contribution < -0.4 is 4.74 Å². The number of aliphatic hydroxyl groups excluding tert-OH is 2. The zero-order chi connectivity index (χ0) is 16.6. The molecule has 0 aliphatic carbocycles. The van der Waals surface area contributed by atoms with Crippen molar-refractivity contribution in [2.24, 2.45) is 11.8 Å². The molecule has 2 heterocycles. The molecular formula is C15H22BrN3O3. The Morgan fingerprint density at radius 1 is 1.14 bits per heavy atom. The van der Waals surface area contributed by atoms with Crippen LogP contribution in [0.1, 0.15) is 51.3 Å². The Hall–Kier alpha value is -1.18. The van der Waals surface area contributed by atoms with Crippen LogP contribution in [0.15, 0.2) is 10.8 Å². The Morgan fingerprint density at radius 3 is 2.23 bits per heavy atom. The monoisotopic (exact) mass is 371 g/mol. The highest BCUT2D eigenvalue weighted by atomic mass is 79.9. The van der Waals surface area contributed by atoms with Crippen molar-refractivity contribution >= 4 is 21.6 Å². The van der Waals surface area contributed by atoms with Gasteiger partial charge < -0.3 is 14.9 Å². The van der Waals surface area contributed by atoms with Crippen molar-refractivity contribution in [3.05, 3.63) is 22.2 Å². The van der Waals surface area contributed by atoms with Crippen molar-refractivity contribution in [1.29, 1.82) is 0 Å². The molecule has 0 saturated heterocycles. The number of methoxy groups -OCH3 is 1. The Bertz CT molecular complexity index is 670. The number of ether oxygens (including phenoxy) is 1. The summed E-state index contributed by atoms with van der Waals surface area (Å²) in [5.74, 6) is 0.344. The van der Waals surface area contributed by atoms with E-state index in [2.05, 4.69) is 25.9 Å². The van der Waals surface area contributed by atoms with Gasteiger partial charge in [0.05, 0.1) is 36.9 Å². The van der Waals surface area contributed by atoms with Crippen molar-refractivity contribution in [2.45, 2.75) is 39.9 Å². The molecule has 2 N–H and O–H groups in total. The molecular weight excluding hydrogens is 350 g/mol. The molecule has 2 unspecified atom stereocenters. The van der Waals surface area contributed by atoms with Crippen molar-refractivity contribution < 1.29 is 14.9 Å². The van der Waals surface area contributed by atoms with E-state index in [1.54, 1.807) is 10.6 Å². The number of nitrogens with zero attached hydrogens (tertiary/aromatic N) is 3. The first-order chi connectivity index (χ1) is 10.3. The lowest BCUT2D eigenvalue weighted by atomic mass is 10.0. The van der Waals surface area contributed by atoms with Gasteiger partial charge in [0.1, 0.15) is 4.60 Å². The summed E-state index contributed by atoms with van der Waals surface area (Å²) in [5, 5.41) is 21.0. The van der Waals surface area contributed by atoms with Crippen LogP contribution in [0.4, 0.5) is 0 Å². The maximum Gasteiger partial charge on any atom is 0.259 e. The molecule has 7 heteroatoms. The quantitative estimate of drug-likeness (QED) is 0.844. The van der Waals surface area contributed by atoms with E-state index in [0.717, 1.165) is 0 Å². The fourth-order valence-corrected chi connectivity index (χ4v) is 2.89. The minimum absolute atomic E-state index is 0.0128. The van der Waals surface area contributed by atoms with E-state index in [4.69, 9.17) is 4.74 Å². The minimum Gasteiger partial charge on any atom is -0.478 e. The molecule has 122 valence electrons. The summed E-state index contributed by atoms with van der Waals surface area (Å²) in [5.41, 5.74) is 1.66. The zero-order valence-electron chi connectivity index (χ0n) is 13.4. The van der Waals surface area contributed by atoms with Gasteiger partial charge in [-0.25, -0.2) is 9.97 Å². The van der Waals surface area contributed by atoms with Gasteiger partial charge in [-0.2, -0.15) is 0 Å². The van der Waals surface area contributed by atoms with Crippen molar-refractivity contribution in [3.8, 4) is 5.88 Å². The number of hydrogen-bond donors (Lipinski definition) is 2. The Morgan fingerprint density at radius 2 is 1.73 bits per heavy atom. The van der Waals surface area contributed by atoms with E-state index in [9.17, 15) is 10.2 Å². The average Bonchev–Trinajstić information content (AvgIpc) is 2.89. The first-order valence-corrected chi connectivity index (χ1v) is 8.05. The molecule has 2 rings (SSSR count). The standard InChI is InChI=1S/C15H22BrN3O3/c1-7(2)11(20)9-6-17-14-15(22-5)18-13(16)10(19(9)14)12(21)8(3)4/h6-8,11-12,20-21H,1-5H3. The lowest BCUT2D eigenvalue weighted by Crippen LogP contribution is -2.17. The number of rotatable bonds is 5. The molecule has 2 aromatic rings. The van der Waals surface area contributed by atoms with E-state index in [1.165, 1.54) is 7.11 Å². The molecule has 0 radical (unpaired) electrons. The third-order valence-corrected chi connectivity index (χ3v) is 4.26. The predicted octanol–water partition coefficient (Wildman–Crippen LogP) is 2.88. The lowest BCUT2D eigenvalue weighted by Gasteiger charge is -2.22. The van der Waals surface area contributed by atoms with E-state index < -0.39 is 12.2 Å². The maximum absolute atomic E-state index is 10.6. The Kier molecular flexibility index (Phi) is 5.09. The van der Waals surface area contributed by atoms with Crippen LogP contribution in [0.25, 0.3) is 5.65 Å². The van der Waals surface area contributed by atoms with Crippen LogP contribution in [0, 0.1) is 11.8 Å². The second kappa shape index (κ2) is 6.52. The molecule has 6 nitrogen and oxygen atoms in total. The average molecular weight is 372 g/mol. The number of hydrogen-bond acceptors (Lipinski definition) is 5. The number of fused-ring (bicyclic) bond motifs is 1. The molecule has 2 atom stereocenters. The van der Waals surface area contributed by atoms with Gasteiger partial charge in [-0.15, -0.1) is 0 Å². The van der Waals surface area contributed by atoms with Crippen LogP contribution in [0.2, 0.25) is 0 Å². The van der Waals surface area contributed by atoms with Gasteiger partial charge in [0, 0.05) is 0 Å². The molecule has 0 aliphatic heterocycles. The van der Waals surface area contributed by atoms with E-state index in [-0.39, 0.29) is 11.8 Å². The lowest BCUT2D eigenvalue weighted by molar-refractivity contribution is 0.109. The smallest absolute Gasteiger partial charge is 0.259 e. The first-order valence-electron chi connectivity index (χ1n) is 7.26. The first kappa shape index (κ1) is 17.2. The number of imidazole rings is 1. The predicted molar refractivity (Wildman–Crippen MR) is 86.8 cm³/mol. The zero-order valence-corrected chi connectivity index (χ0v) is 15.0. The van der Waals surface area contributed by atoms with E-state index >= 15 is 0 Å². The van der Waals surface area contributed by atoms with Gasteiger partial charge in [-0.3, -0.25) is 4.40 Å². The number of halogens is 1. The summed E-state index contributed by atoms with van der Waals surface area (Å²) in [6.45, 7) is 7.69. The molecule has 0 aromatic carbocycles. The number of aromatic nitrogens is 3. The van der Waals surface area contributed by atoms with Crippen LogP contribution in [-0.4, -0.2) is 31.7 Å². The van der Waals surface area contributed by atoms with Gasteiger partial charge in [0.25, 0.3) is 5.88 Å². The highest BCUT2D eigenvalue weighted by Gasteiger charge is 2.27. The molecule has 2 aromatic heterocycles. The molecule has 0 spiro atoms. The van der Waals surface area contributed by atoms with Crippen LogP contribution >= 0.6 is 15.9 Å². The third kappa shape index (κ3) is 2.85. The normalized spacial score (nSPS) is 14.8. The SMILES string of the molecule is COc1nc(Br)c(C(O)C(C)C)n2c(C(O)C(C)C)cnc12. The van der Waals surface area contributed by atoms with Crippen LogP contribution in [0.5, 0.6) is 5.88 Å².